The molecule has 0 saturated heterocycles. The molecule has 0 N–H and O–H groups in total. The third-order valence-corrected chi connectivity index (χ3v) is 1.84. The van der Waals surface area contributed by atoms with Gasteiger partial charge < -0.3 is 9.47 Å². The molecule has 0 fully saturated rings. The maximum Gasteiger partial charge on any atom is 0.333 e. The lowest BCUT2D eigenvalue weighted by atomic mass is 10.3. The monoisotopic (exact) mass is 242 g/mol. The van der Waals surface area contributed by atoms with Gasteiger partial charge in [-0.1, -0.05) is 6.58 Å². The zero-order chi connectivity index (χ0) is 13.4. The molecule has 0 aliphatic carbocycles. The number of carbonyl (C=O) groups excluding carboxylic acids is 3. The summed E-state index contributed by atoms with van der Waals surface area (Å²) in [7, 11) is 0. The fraction of sp³-hybridized carbons (Fsp3) is 0.583. The first-order valence-corrected chi connectivity index (χ1v) is 5.34. The third kappa shape index (κ3) is 8.19. The lowest BCUT2D eigenvalue weighted by Crippen LogP contribution is -2.18. The first kappa shape index (κ1) is 15.3. The fourth-order valence-electron chi connectivity index (χ4n) is 0.935. The van der Waals surface area contributed by atoms with E-state index in [1.165, 1.54) is 6.92 Å². The van der Waals surface area contributed by atoms with Crippen LogP contribution >= 0.6 is 0 Å². The van der Waals surface area contributed by atoms with Gasteiger partial charge in [0.05, 0.1) is 6.61 Å². The summed E-state index contributed by atoms with van der Waals surface area (Å²) in [5.41, 5.74) is 0.324. The number of esters is 2. The quantitative estimate of drug-likeness (QED) is 0.383. The van der Waals surface area contributed by atoms with Crippen molar-refractivity contribution >= 4 is 17.7 Å². The average molecular weight is 242 g/mol. The highest BCUT2D eigenvalue weighted by molar-refractivity contribution is 5.94. The molecule has 96 valence electrons. The van der Waals surface area contributed by atoms with E-state index in [-0.39, 0.29) is 24.9 Å². The smallest absolute Gasteiger partial charge is 0.333 e. The molecule has 0 aliphatic heterocycles. The van der Waals surface area contributed by atoms with E-state index in [0.29, 0.717) is 12.0 Å². The van der Waals surface area contributed by atoms with Crippen LogP contribution in [0.4, 0.5) is 0 Å². The minimum atomic E-state index is -0.559. The van der Waals surface area contributed by atoms with Crippen molar-refractivity contribution in [3.8, 4) is 0 Å². The Kier molecular flexibility index (Phi) is 6.86. The highest BCUT2D eigenvalue weighted by Crippen LogP contribution is 2.03. The van der Waals surface area contributed by atoms with Gasteiger partial charge in [0.15, 0.2) is 0 Å². The molecule has 1 atom stereocenters. The minimum Gasteiger partial charge on any atom is -0.465 e. The molecule has 0 aromatic carbocycles. The summed E-state index contributed by atoms with van der Waals surface area (Å²) < 4.78 is 9.77. The zero-order valence-corrected chi connectivity index (χ0v) is 10.4. The lowest BCUT2D eigenvalue weighted by Gasteiger charge is -2.13. The van der Waals surface area contributed by atoms with Gasteiger partial charge in [0.25, 0.3) is 0 Å². The molecule has 0 aromatic rings. The zero-order valence-electron chi connectivity index (χ0n) is 10.4. The Bertz CT molecular complexity index is 319. The molecule has 17 heavy (non-hydrogen) atoms. The third-order valence-electron chi connectivity index (χ3n) is 1.84. The highest BCUT2D eigenvalue weighted by atomic mass is 16.6. The largest absolute Gasteiger partial charge is 0.465 e. The molecular formula is C12H18O5. The standard InChI is InChI=1S/C12H18O5/c1-8(2)12(15)17-10(4)5-6-16-11(14)7-9(3)13/h10H,1,5-7H2,2-4H3. The second-order valence-electron chi connectivity index (χ2n) is 3.88. The molecule has 0 bridgehead atoms. The highest BCUT2D eigenvalue weighted by Gasteiger charge is 2.11. The summed E-state index contributed by atoms with van der Waals surface area (Å²) >= 11 is 0. The van der Waals surface area contributed by atoms with Crippen molar-refractivity contribution in [2.45, 2.75) is 39.7 Å². The molecule has 5 heteroatoms. The molecule has 0 aromatic heterocycles. The Labute approximate surface area is 101 Å². The number of ketones is 1. The van der Waals surface area contributed by atoms with Crippen molar-refractivity contribution in [3.63, 3.8) is 0 Å². The van der Waals surface area contributed by atoms with Crippen molar-refractivity contribution in [1.82, 2.24) is 0 Å². The molecule has 0 saturated carbocycles. The van der Waals surface area contributed by atoms with E-state index in [2.05, 4.69) is 6.58 Å². The van der Waals surface area contributed by atoms with Crippen LogP contribution in [0.15, 0.2) is 12.2 Å². The van der Waals surface area contributed by atoms with E-state index in [0.717, 1.165) is 0 Å². The van der Waals surface area contributed by atoms with Crippen LogP contribution < -0.4 is 0 Å². The maximum absolute atomic E-state index is 11.1. The topological polar surface area (TPSA) is 69.7 Å². The van der Waals surface area contributed by atoms with E-state index in [1.54, 1.807) is 13.8 Å². The molecule has 0 heterocycles. The van der Waals surface area contributed by atoms with Crippen LogP contribution in [0.5, 0.6) is 0 Å². The molecule has 0 radical (unpaired) electrons. The van der Waals surface area contributed by atoms with Crippen molar-refractivity contribution in [2.24, 2.45) is 0 Å². The summed E-state index contributed by atoms with van der Waals surface area (Å²) in [4.78, 5) is 32.7. The van der Waals surface area contributed by atoms with Crippen LogP contribution in [-0.2, 0) is 23.9 Å². The summed E-state index contributed by atoms with van der Waals surface area (Å²) in [6, 6.07) is 0. The second kappa shape index (κ2) is 7.60. The predicted octanol–water partition coefficient (Wildman–Crippen LogP) is 1.41. The van der Waals surface area contributed by atoms with Crippen molar-refractivity contribution in [2.75, 3.05) is 6.61 Å². The van der Waals surface area contributed by atoms with Crippen molar-refractivity contribution < 1.29 is 23.9 Å². The predicted molar refractivity (Wildman–Crippen MR) is 61.2 cm³/mol. The molecule has 5 nitrogen and oxygen atoms in total. The Morgan fingerprint density at radius 3 is 2.29 bits per heavy atom. The van der Waals surface area contributed by atoms with Gasteiger partial charge in [-0.05, 0) is 20.8 Å². The van der Waals surface area contributed by atoms with Gasteiger partial charge in [0, 0.05) is 12.0 Å². The van der Waals surface area contributed by atoms with Gasteiger partial charge in [-0.15, -0.1) is 0 Å². The van der Waals surface area contributed by atoms with E-state index >= 15 is 0 Å². The Balaban J connectivity index is 3.74. The summed E-state index contributed by atoms with van der Waals surface area (Å²) in [5, 5.41) is 0. The van der Waals surface area contributed by atoms with Crippen LogP contribution in [0.3, 0.4) is 0 Å². The van der Waals surface area contributed by atoms with E-state index in [9.17, 15) is 14.4 Å². The molecular weight excluding hydrogens is 224 g/mol. The van der Waals surface area contributed by atoms with Crippen molar-refractivity contribution in [3.05, 3.63) is 12.2 Å². The summed E-state index contributed by atoms with van der Waals surface area (Å²) in [5.74, 6) is -1.26. The number of hydrogen-bond acceptors (Lipinski definition) is 5. The van der Waals surface area contributed by atoms with Gasteiger partial charge in [0.2, 0.25) is 0 Å². The fourth-order valence-corrected chi connectivity index (χ4v) is 0.935. The van der Waals surface area contributed by atoms with Gasteiger partial charge in [-0.25, -0.2) is 4.79 Å². The lowest BCUT2D eigenvalue weighted by molar-refractivity contribution is -0.148. The van der Waals surface area contributed by atoms with Gasteiger partial charge in [-0.3, -0.25) is 9.59 Å². The van der Waals surface area contributed by atoms with Crippen LogP contribution in [0, 0.1) is 0 Å². The van der Waals surface area contributed by atoms with E-state index in [1.807, 2.05) is 0 Å². The molecule has 1 unspecified atom stereocenters. The number of Topliss-reactive ketones (excluding diaryl/α,β-unsaturated/α-hetero) is 1. The van der Waals surface area contributed by atoms with Gasteiger partial charge in [0.1, 0.15) is 18.3 Å². The number of rotatable bonds is 7. The first-order valence-electron chi connectivity index (χ1n) is 5.34. The Morgan fingerprint density at radius 2 is 1.82 bits per heavy atom. The van der Waals surface area contributed by atoms with E-state index < -0.39 is 11.9 Å². The minimum absolute atomic E-state index is 0.122. The van der Waals surface area contributed by atoms with E-state index in [4.69, 9.17) is 9.47 Å². The van der Waals surface area contributed by atoms with Gasteiger partial charge >= 0.3 is 11.9 Å². The maximum atomic E-state index is 11.1. The number of carbonyl (C=O) groups is 3. The van der Waals surface area contributed by atoms with Crippen molar-refractivity contribution in [1.29, 1.82) is 0 Å². The van der Waals surface area contributed by atoms with Gasteiger partial charge in [-0.2, -0.15) is 0 Å². The van der Waals surface area contributed by atoms with Crippen LogP contribution in [-0.4, -0.2) is 30.4 Å². The summed E-state index contributed by atoms with van der Waals surface area (Å²) in [6.45, 7) is 8.14. The molecule has 0 aliphatic rings. The second-order valence-corrected chi connectivity index (χ2v) is 3.88. The molecule has 0 amide bonds. The van der Waals surface area contributed by atoms with Crippen LogP contribution in [0.2, 0.25) is 0 Å². The van der Waals surface area contributed by atoms with Crippen LogP contribution in [0.1, 0.15) is 33.6 Å². The Hall–Kier alpha value is -1.65. The average Bonchev–Trinajstić information content (AvgIpc) is 2.15. The van der Waals surface area contributed by atoms with Crippen LogP contribution in [0.25, 0.3) is 0 Å². The summed E-state index contributed by atoms with van der Waals surface area (Å²) in [6.07, 6.45) is -0.188. The normalized spacial score (nSPS) is 11.5. The first-order chi connectivity index (χ1) is 7.82. The SMILES string of the molecule is C=C(C)C(=O)OC(C)CCOC(=O)CC(C)=O. The molecule has 0 rings (SSSR count). The number of hydrogen-bond donors (Lipinski definition) is 0. The number of ether oxygens (including phenoxy) is 2. The Morgan fingerprint density at radius 1 is 1.24 bits per heavy atom. The molecule has 0 spiro atoms.